The second-order valence-corrected chi connectivity index (χ2v) is 6.29. The maximum atomic E-state index is 12.6. The molecule has 2 aromatic rings. The van der Waals surface area contributed by atoms with Crippen LogP contribution in [0.5, 0.6) is 5.75 Å². The monoisotopic (exact) mass is 358 g/mol. The van der Waals surface area contributed by atoms with Gasteiger partial charge in [0.25, 0.3) is 5.91 Å². The zero-order valence-corrected chi connectivity index (χ0v) is 14.6. The zero-order valence-electron chi connectivity index (χ0n) is 13.9. The molecule has 1 N–H and O–H groups in total. The second kappa shape index (κ2) is 7.68. The molecule has 6 heteroatoms. The highest BCUT2D eigenvalue weighted by molar-refractivity contribution is 6.30. The smallest absolute Gasteiger partial charge is 0.251 e. The summed E-state index contributed by atoms with van der Waals surface area (Å²) in [6.07, 6.45) is 0.934. The highest BCUT2D eigenvalue weighted by Crippen LogP contribution is 2.25. The lowest BCUT2D eigenvalue weighted by Crippen LogP contribution is -2.39. The van der Waals surface area contributed by atoms with Crippen molar-refractivity contribution in [2.75, 3.05) is 18.6 Å². The van der Waals surface area contributed by atoms with E-state index in [9.17, 15) is 9.59 Å². The van der Waals surface area contributed by atoms with Gasteiger partial charge in [-0.25, -0.2) is 4.90 Å². The summed E-state index contributed by atoms with van der Waals surface area (Å²) in [7, 11) is 1.57. The highest BCUT2D eigenvalue weighted by Gasteiger charge is 2.39. The molecule has 0 radical (unpaired) electrons. The summed E-state index contributed by atoms with van der Waals surface area (Å²) >= 11 is 5.87. The van der Waals surface area contributed by atoms with Gasteiger partial charge in [0.15, 0.2) is 0 Å². The average molecular weight is 359 g/mol. The van der Waals surface area contributed by atoms with Gasteiger partial charge in [0.05, 0.1) is 25.3 Å². The molecule has 1 atom stereocenters. The number of amides is 2. The third-order valence-corrected chi connectivity index (χ3v) is 4.45. The van der Waals surface area contributed by atoms with Crippen LogP contribution in [-0.4, -0.2) is 31.5 Å². The van der Waals surface area contributed by atoms with Crippen LogP contribution in [0.2, 0.25) is 5.02 Å². The van der Waals surface area contributed by atoms with Gasteiger partial charge in [-0.05, 0) is 54.9 Å². The molecule has 0 saturated carbocycles. The Morgan fingerprint density at radius 1 is 1.12 bits per heavy atom. The molecule has 0 spiro atoms. The Labute approximate surface area is 151 Å². The Morgan fingerprint density at radius 3 is 2.44 bits per heavy atom. The summed E-state index contributed by atoms with van der Waals surface area (Å²) < 4.78 is 5.10. The number of benzene rings is 2. The van der Waals surface area contributed by atoms with Crippen molar-refractivity contribution in [3.05, 3.63) is 59.1 Å². The molecule has 1 aliphatic rings. The van der Waals surface area contributed by atoms with E-state index in [2.05, 4.69) is 5.32 Å². The van der Waals surface area contributed by atoms with Crippen molar-refractivity contribution in [2.24, 2.45) is 0 Å². The Hall–Kier alpha value is -2.37. The number of imide groups is 1. The molecular formula is C19H19ClN2O3. The van der Waals surface area contributed by atoms with Gasteiger partial charge in [-0.3, -0.25) is 9.59 Å². The van der Waals surface area contributed by atoms with Gasteiger partial charge in [0, 0.05) is 5.02 Å². The minimum Gasteiger partial charge on any atom is -0.497 e. The third-order valence-electron chi connectivity index (χ3n) is 4.19. The van der Waals surface area contributed by atoms with E-state index in [1.807, 2.05) is 24.3 Å². The fourth-order valence-electron chi connectivity index (χ4n) is 2.84. The maximum Gasteiger partial charge on any atom is 0.251 e. The highest BCUT2D eigenvalue weighted by atomic mass is 35.5. The SMILES string of the molecule is COc1ccc(N2C(=O)CC(NCCc3ccc(Cl)cc3)C2=O)cc1. The summed E-state index contributed by atoms with van der Waals surface area (Å²) in [5.41, 5.74) is 1.69. The Morgan fingerprint density at radius 2 is 1.80 bits per heavy atom. The number of rotatable bonds is 6. The van der Waals surface area contributed by atoms with Gasteiger partial charge >= 0.3 is 0 Å². The molecule has 1 unspecified atom stereocenters. The summed E-state index contributed by atoms with van der Waals surface area (Å²) in [6, 6.07) is 14.0. The summed E-state index contributed by atoms with van der Waals surface area (Å²) in [5.74, 6) is 0.269. The molecule has 5 nitrogen and oxygen atoms in total. The lowest BCUT2D eigenvalue weighted by atomic mass is 10.1. The molecule has 0 bridgehead atoms. The molecule has 1 aliphatic heterocycles. The van der Waals surface area contributed by atoms with Crippen LogP contribution in [0.4, 0.5) is 5.69 Å². The van der Waals surface area contributed by atoms with Crippen LogP contribution in [0.25, 0.3) is 0 Å². The number of halogens is 1. The Balaban J connectivity index is 1.59. The molecule has 0 aliphatic carbocycles. The minimum absolute atomic E-state index is 0.172. The van der Waals surface area contributed by atoms with Gasteiger partial charge in [-0.15, -0.1) is 0 Å². The van der Waals surface area contributed by atoms with Crippen molar-refractivity contribution in [3.63, 3.8) is 0 Å². The standard InChI is InChI=1S/C19H19ClN2O3/c1-25-16-8-6-15(7-9-16)22-18(23)12-17(19(22)24)21-11-10-13-2-4-14(20)5-3-13/h2-9,17,21H,10-12H2,1H3. The molecule has 1 saturated heterocycles. The van der Waals surface area contributed by atoms with Crippen molar-refractivity contribution in [3.8, 4) is 5.75 Å². The van der Waals surface area contributed by atoms with Crippen LogP contribution < -0.4 is 15.0 Å². The Kier molecular flexibility index (Phi) is 5.36. The number of anilines is 1. The molecule has 2 amide bonds. The molecule has 130 valence electrons. The van der Waals surface area contributed by atoms with Crippen LogP contribution in [-0.2, 0) is 16.0 Å². The predicted molar refractivity (Wildman–Crippen MR) is 97.1 cm³/mol. The van der Waals surface area contributed by atoms with Crippen LogP contribution in [0.3, 0.4) is 0 Å². The molecular weight excluding hydrogens is 340 g/mol. The average Bonchev–Trinajstić information content (AvgIpc) is 2.90. The van der Waals surface area contributed by atoms with Crippen molar-refractivity contribution in [2.45, 2.75) is 18.9 Å². The molecule has 2 aromatic carbocycles. The van der Waals surface area contributed by atoms with Gasteiger partial charge in [0.2, 0.25) is 5.91 Å². The van der Waals surface area contributed by atoms with E-state index >= 15 is 0 Å². The molecule has 1 heterocycles. The molecule has 25 heavy (non-hydrogen) atoms. The van der Waals surface area contributed by atoms with Crippen LogP contribution in [0, 0.1) is 0 Å². The topological polar surface area (TPSA) is 58.6 Å². The van der Waals surface area contributed by atoms with Crippen molar-refractivity contribution < 1.29 is 14.3 Å². The number of carbonyl (C=O) groups is 2. The molecule has 1 fully saturated rings. The minimum atomic E-state index is -0.484. The van der Waals surface area contributed by atoms with E-state index in [1.165, 1.54) is 4.90 Å². The van der Waals surface area contributed by atoms with E-state index in [4.69, 9.17) is 16.3 Å². The molecule has 3 rings (SSSR count). The lowest BCUT2D eigenvalue weighted by Gasteiger charge is -2.16. The van der Waals surface area contributed by atoms with Crippen molar-refractivity contribution >= 4 is 29.1 Å². The van der Waals surface area contributed by atoms with Crippen molar-refractivity contribution in [1.29, 1.82) is 0 Å². The first kappa shape index (κ1) is 17.5. The second-order valence-electron chi connectivity index (χ2n) is 5.85. The first-order valence-electron chi connectivity index (χ1n) is 8.07. The number of hydrogen-bond donors (Lipinski definition) is 1. The number of nitrogens with zero attached hydrogens (tertiary/aromatic N) is 1. The first-order chi connectivity index (χ1) is 12.1. The van der Waals surface area contributed by atoms with E-state index in [1.54, 1.807) is 31.4 Å². The molecule has 0 aromatic heterocycles. The zero-order chi connectivity index (χ0) is 17.8. The van der Waals surface area contributed by atoms with Gasteiger partial charge in [0.1, 0.15) is 5.75 Å². The number of methoxy groups -OCH3 is 1. The van der Waals surface area contributed by atoms with Crippen LogP contribution in [0.15, 0.2) is 48.5 Å². The van der Waals surface area contributed by atoms with Crippen LogP contribution >= 0.6 is 11.6 Å². The number of nitrogens with one attached hydrogen (secondary N) is 1. The number of carbonyl (C=O) groups excluding carboxylic acids is 2. The lowest BCUT2D eigenvalue weighted by molar-refractivity contribution is -0.121. The largest absolute Gasteiger partial charge is 0.497 e. The van der Waals surface area contributed by atoms with E-state index in [0.717, 1.165) is 12.0 Å². The van der Waals surface area contributed by atoms with Gasteiger partial charge < -0.3 is 10.1 Å². The maximum absolute atomic E-state index is 12.6. The number of ether oxygens (including phenoxy) is 1. The predicted octanol–water partition coefficient (Wildman–Crippen LogP) is 2.81. The fourth-order valence-corrected chi connectivity index (χ4v) is 2.96. The van der Waals surface area contributed by atoms with Gasteiger partial charge in [-0.2, -0.15) is 0 Å². The quantitative estimate of drug-likeness (QED) is 0.807. The van der Waals surface area contributed by atoms with Gasteiger partial charge in [-0.1, -0.05) is 23.7 Å². The number of hydrogen-bond acceptors (Lipinski definition) is 4. The van der Waals surface area contributed by atoms with E-state index in [-0.39, 0.29) is 18.2 Å². The van der Waals surface area contributed by atoms with Crippen molar-refractivity contribution in [1.82, 2.24) is 5.32 Å². The first-order valence-corrected chi connectivity index (χ1v) is 8.45. The van der Waals surface area contributed by atoms with Crippen LogP contribution in [0.1, 0.15) is 12.0 Å². The van der Waals surface area contributed by atoms with E-state index in [0.29, 0.717) is 23.0 Å². The summed E-state index contributed by atoms with van der Waals surface area (Å²) in [6.45, 7) is 0.613. The summed E-state index contributed by atoms with van der Waals surface area (Å²) in [4.78, 5) is 26.0. The normalized spacial score (nSPS) is 17.2. The van der Waals surface area contributed by atoms with E-state index < -0.39 is 6.04 Å². The third kappa shape index (κ3) is 4.00. The summed E-state index contributed by atoms with van der Waals surface area (Å²) in [5, 5.41) is 3.88. The fraction of sp³-hybridized carbons (Fsp3) is 0.263. The Bertz CT molecular complexity index is 759.